The summed E-state index contributed by atoms with van der Waals surface area (Å²) in [6, 6.07) is 13.0. The summed E-state index contributed by atoms with van der Waals surface area (Å²) < 4.78 is 21.3. The Balaban J connectivity index is 1.19. The average molecular weight is 635 g/mol. The van der Waals surface area contributed by atoms with E-state index in [1.54, 1.807) is 17.4 Å². The number of benzene rings is 2. The van der Waals surface area contributed by atoms with Crippen molar-refractivity contribution < 1.29 is 19.0 Å². The molecule has 12 heteroatoms. The second kappa shape index (κ2) is 14.2. The molecule has 5 aromatic rings. The molecule has 0 atom stereocenters. The van der Waals surface area contributed by atoms with Crippen LogP contribution in [-0.4, -0.2) is 63.4 Å². The third kappa shape index (κ3) is 7.74. The van der Waals surface area contributed by atoms with Crippen LogP contribution in [0.4, 0.5) is 15.3 Å². The zero-order valence-electron chi connectivity index (χ0n) is 25.2. The highest BCUT2D eigenvalue weighted by Gasteiger charge is 2.20. The number of carboxylic acid groups (broad SMARTS) is 1. The molecule has 0 saturated carbocycles. The van der Waals surface area contributed by atoms with E-state index in [0.717, 1.165) is 57.1 Å². The smallest absolute Gasteiger partial charge is 0.355 e. The summed E-state index contributed by atoms with van der Waals surface area (Å²) in [6.07, 6.45) is 3.11. The summed E-state index contributed by atoms with van der Waals surface area (Å²) in [5, 5.41) is 23.3. The molecule has 44 heavy (non-hydrogen) atoms. The summed E-state index contributed by atoms with van der Waals surface area (Å²) >= 11 is 2.90. The molecule has 0 spiro atoms. The lowest BCUT2D eigenvalue weighted by Crippen LogP contribution is -2.13. The molecule has 0 aliphatic rings. The molecule has 5 rings (SSSR count). The van der Waals surface area contributed by atoms with Gasteiger partial charge in [-0.2, -0.15) is 5.10 Å². The minimum atomic E-state index is -1.08. The highest BCUT2D eigenvalue weighted by molar-refractivity contribution is 7.22. The second-order valence-corrected chi connectivity index (χ2v) is 13.0. The van der Waals surface area contributed by atoms with E-state index >= 15 is 0 Å². The number of hydrogen-bond acceptors (Lipinski definition) is 10. The Morgan fingerprint density at radius 2 is 1.84 bits per heavy atom. The maximum absolute atomic E-state index is 14.6. The van der Waals surface area contributed by atoms with E-state index in [4.69, 9.17) is 4.74 Å². The van der Waals surface area contributed by atoms with Gasteiger partial charge in [-0.1, -0.05) is 29.5 Å². The van der Waals surface area contributed by atoms with E-state index in [9.17, 15) is 14.3 Å². The number of ether oxygens (including phenoxy) is 1. The van der Waals surface area contributed by atoms with Crippen molar-refractivity contribution in [3.63, 3.8) is 0 Å². The van der Waals surface area contributed by atoms with Gasteiger partial charge in [-0.25, -0.2) is 19.2 Å². The van der Waals surface area contributed by atoms with E-state index in [2.05, 4.69) is 30.4 Å². The minimum Gasteiger partial charge on any atom is -0.491 e. The molecule has 0 radical (unpaired) electrons. The summed E-state index contributed by atoms with van der Waals surface area (Å²) in [5.41, 5.74) is 4.53. The maximum Gasteiger partial charge on any atom is 0.355 e. The second-order valence-electron chi connectivity index (χ2n) is 10.8. The molecule has 0 amide bonds. The Bertz CT molecular complexity index is 1740. The molecule has 0 fully saturated rings. The van der Waals surface area contributed by atoms with Crippen LogP contribution < -0.4 is 10.1 Å². The van der Waals surface area contributed by atoms with Crippen molar-refractivity contribution in [2.75, 3.05) is 32.6 Å². The standard InChI is InChI=1S/C32H35FN6O3S2/c1-19-20(2)30(36-32-34-23-10-5-6-11-26(23)44-32)38-37-24(19)18-28-35-29(31(40)41)27(43-28)12-8-16-42-25-14-13-21(17-22(25)33)9-7-15-39(3)4/h5-6,10-11,13-14,17H,7-9,12,15-16,18H2,1-4H3,(H,40,41)(H,34,36,38). The fourth-order valence-electron chi connectivity index (χ4n) is 4.76. The van der Waals surface area contributed by atoms with Crippen LogP contribution in [0.2, 0.25) is 0 Å². The summed E-state index contributed by atoms with van der Waals surface area (Å²) in [4.78, 5) is 23.7. The Kier molecular flexibility index (Phi) is 10.1. The van der Waals surface area contributed by atoms with Gasteiger partial charge in [0.15, 0.2) is 28.2 Å². The number of carbonyl (C=O) groups is 1. The van der Waals surface area contributed by atoms with E-state index < -0.39 is 5.97 Å². The Morgan fingerprint density at radius 1 is 1.02 bits per heavy atom. The van der Waals surface area contributed by atoms with Gasteiger partial charge >= 0.3 is 5.97 Å². The molecular formula is C32H35FN6O3S2. The first-order chi connectivity index (χ1) is 21.2. The zero-order valence-corrected chi connectivity index (χ0v) is 26.8. The molecule has 9 nitrogen and oxygen atoms in total. The van der Waals surface area contributed by atoms with Crippen molar-refractivity contribution in [3.05, 3.63) is 86.2 Å². The minimum absolute atomic E-state index is 0.0368. The van der Waals surface area contributed by atoms with Crippen molar-refractivity contribution in [3.8, 4) is 5.75 Å². The van der Waals surface area contributed by atoms with E-state index in [-0.39, 0.29) is 23.9 Å². The molecule has 2 N–H and O–H groups in total. The Hall–Kier alpha value is -4.00. The van der Waals surface area contributed by atoms with E-state index in [0.29, 0.717) is 35.0 Å². The van der Waals surface area contributed by atoms with Crippen LogP contribution >= 0.6 is 22.7 Å². The van der Waals surface area contributed by atoms with Gasteiger partial charge in [-0.05, 0) is 101 Å². The lowest BCUT2D eigenvalue weighted by atomic mass is 10.1. The lowest BCUT2D eigenvalue weighted by molar-refractivity contribution is 0.0690. The van der Waals surface area contributed by atoms with E-state index in [1.165, 1.54) is 17.4 Å². The van der Waals surface area contributed by atoms with Crippen LogP contribution in [0.3, 0.4) is 0 Å². The van der Waals surface area contributed by atoms with Crippen LogP contribution in [-0.2, 0) is 19.3 Å². The van der Waals surface area contributed by atoms with Crippen LogP contribution in [0.5, 0.6) is 5.75 Å². The molecule has 0 aliphatic carbocycles. The number of aromatic nitrogens is 4. The van der Waals surface area contributed by atoms with Gasteiger partial charge < -0.3 is 20.1 Å². The van der Waals surface area contributed by atoms with Gasteiger partial charge in [0.25, 0.3) is 0 Å². The van der Waals surface area contributed by atoms with Crippen molar-refractivity contribution in [1.82, 2.24) is 25.1 Å². The molecule has 0 aliphatic heterocycles. The van der Waals surface area contributed by atoms with Crippen LogP contribution in [0.15, 0.2) is 42.5 Å². The first-order valence-corrected chi connectivity index (χ1v) is 16.0. The number of para-hydroxylation sites is 1. The van der Waals surface area contributed by atoms with Gasteiger partial charge in [0.1, 0.15) is 0 Å². The summed E-state index contributed by atoms with van der Waals surface area (Å²) in [6.45, 7) is 5.15. The van der Waals surface area contributed by atoms with Crippen molar-refractivity contribution in [1.29, 1.82) is 0 Å². The van der Waals surface area contributed by atoms with Crippen molar-refractivity contribution in [2.24, 2.45) is 0 Å². The molecule has 0 bridgehead atoms. The summed E-state index contributed by atoms with van der Waals surface area (Å²) in [7, 11) is 4.04. The van der Waals surface area contributed by atoms with Crippen LogP contribution in [0, 0.1) is 19.7 Å². The van der Waals surface area contributed by atoms with Crippen molar-refractivity contribution >= 4 is 49.8 Å². The number of carboxylic acids is 1. The quantitative estimate of drug-likeness (QED) is 0.127. The topological polar surface area (TPSA) is 113 Å². The Morgan fingerprint density at radius 3 is 2.59 bits per heavy atom. The normalized spacial score (nSPS) is 11.4. The van der Waals surface area contributed by atoms with E-state index in [1.807, 2.05) is 58.3 Å². The van der Waals surface area contributed by atoms with Gasteiger partial charge in [-0.3, -0.25) is 0 Å². The molecule has 2 aromatic carbocycles. The van der Waals surface area contributed by atoms with Crippen molar-refractivity contribution in [2.45, 2.75) is 46.0 Å². The van der Waals surface area contributed by atoms with Gasteiger partial charge in [0.2, 0.25) is 0 Å². The predicted molar refractivity (Wildman–Crippen MR) is 173 cm³/mol. The highest BCUT2D eigenvalue weighted by Crippen LogP contribution is 2.30. The number of rotatable bonds is 14. The first kappa shape index (κ1) is 31.4. The highest BCUT2D eigenvalue weighted by atomic mass is 32.1. The molecule has 0 saturated heterocycles. The molecule has 3 heterocycles. The fraction of sp³-hybridized carbons (Fsp3) is 0.344. The number of nitrogens with one attached hydrogen (secondary N) is 1. The lowest BCUT2D eigenvalue weighted by Gasteiger charge is -2.11. The largest absolute Gasteiger partial charge is 0.491 e. The molecule has 0 unspecified atom stereocenters. The Labute approximate surface area is 263 Å². The molecule has 230 valence electrons. The number of aryl methyl sites for hydroxylation is 2. The monoisotopic (exact) mass is 634 g/mol. The maximum atomic E-state index is 14.6. The third-order valence-electron chi connectivity index (χ3n) is 7.28. The predicted octanol–water partition coefficient (Wildman–Crippen LogP) is 6.84. The summed E-state index contributed by atoms with van der Waals surface area (Å²) in [5.74, 6) is -0.623. The van der Waals surface area contributed by atoms with Gasteiger partial charge in [0, 0.05) is 11.3 Å². The van der Waals surface area contributed by atoms with Crippen LogP contribution in [0.25, 0.3) is 10.2 Å². The number of aromatic carboxylic acids is 1. The third-order valence-corrected chi connectivity index (χ3v) is 9.34. The SMILES string of the molecule is Cc1c(Cc2nc(C(=O)O)c(CCCOc3ccc(CCCN(C)C)cc3F)s2)nnc(Nc2nc3ccccc3s2)c1C. The number of fused-ring (bicyclic) bond motifs is 1. The number of nitrogens with zero attached hydrogens (tertiary/aromatic N) is 5. The fourth-order valence-corrected chi connectivity index (χ4v) is 6.73. The molecular weight excluding hydrogens is 600 g/mol. The zero-order chi connectivity index (χ0) is 31.2. The number of anilines is 2. The van der Waals surface area contributed by atoms with Crippen LogP contribution in [0.1, 0.15) is 55.6 Å². The number of halogens is 1. The average Bonchev–Trinajstić information content (AvgIpc) is 3.59. The molecule has 3 aromatic heterocycles. The van der Waals surface area contributed by atoms with Gasteiger partial charge in [-0.15, -0.1) is 16.4 Å². The number of hydrogen-bond donors (Lipinski definition) is 2. The number of thiazole rings is 2. The van der Waals surface area contributed by atoms with Gasteiger partial charge in [0.05, 0.1) is 27.5 Å². The first-order valence-electron chi connectivity index (χ1n) is 14.4.